The number of aromatic nitrogens is 1. The highest BCUT2D eigenvalue weighted by molar-refractivity contribution is 5.25. The summed E-state index contributed by atoms with van der Waals surface area (Å²) in [6.07, 6.45) is 6.75. The minimum Gasteiger partial charge on any atom is -0.479 e. The van der Waals surface area contributed by atoms with Gasteiger partial charge in [-0.2, -0.15) is 0 Å². The smallest absolute Gasteiger partial charge is 0.148 e. The van der Waals surface area contributed by atoms with Crippen molar-refractivity contribution in [3.05, 3.63) is 24.0 Å². The molecule has 1 aromatic heterocycles. The van der Waals surface area contributed by atoms with Crippen molar-refractivity contribution in [3.63, 3.8) is 0 Å². The second-order valence-electron chi connectivity index (χ2n) is 2.08. The van der Waals surface area contributed by atoms with E-state index in [9.17, 15) is 0 Å². The maximum atomic E-state index is 5.19. The first-order chi connectivity index (χ1) is 5.34. The van der Waals surface area contributed by atoms with Crippen molar-refractivity contribution in [2.75, 3.05) is 6.61 Å². The maximum Gasteiger partial charge on any atom is 0.148 e. The van der Waals surface area contributed by atoms with Crippen LogP contribution in [-0.2, 0) is 0 Å². The molecule has 2 heteroatoms. The number of hydrogen-bond acceptors (Lipinski definition) is 2. The average Bonchev–Trinajstić information content (AvgIpc) is 2.03. The van der Waals surface area contributed by atoms with Crippen molar-refractivity contribution in [1.29, 1.82) is 0 Å². The topological polar surface area (TPSA) is 22.1 Å². The van der Waals surface area contributed by atoms with Crippen LogP contribution in [-0.4, -0.2) is 11.6 Å². The number of terminal acetylenes is 1. The second kappa shape index (κ2) is 3.62. The summed E-state index contributed by atoms with van der Waals surface area (Å²) in [6.45, 7) is 2.18. The van der Waals surface area contributed by atoms with Crippen molar-refractivity contribution in [2.45, 2.75) is 6.92 Å². The molecule has 0 radical (unpaired) electrons. The molecule has 0 aliphatic rings. The van der Waals surface area contributed by atoms with E-state index in [2.05, 4.69) is 10.9 Å². The molecular formula is C9H9NO. The molecule has 1 rings (SSSR count). The first-order valence-corrected chi connectivity index (χ1v) is 3.32. The van der Waals surface area contributed by atoms with Crippen LogP contribution >= 0.6 is 0 Å². The molecule has 0 bridgehead atoms. The molecule has 56 valence electrons. The molecule has 0 unspecified atom stereocenters. The minimum atomic E-state index is 0.298. The molecular weight excluding hydrogens is 138 g/mol. The van der Waals surface area contributed by atoms with Gasteiger partial charge in [-0.1, -0.05) is 5.92 Å². The Morgan fingerprint density at radius 3 is 3.18 bits per heavy atom. The Balaban J connectivity index is 2.71. The minimum absolute atomic E-state index is 0.298. The predicted octanol–water partition coefficient (Wildman–Crippen LogP) is 1.40. The molecule has 11 heavy (non-hydrogen) atoms. The van der Waals surface area contributed by atoms with E-state index in [1.807, 2.05) is 19.1 Å². The monoisotopic (exact) mass is 147 g/mol. The van der Waals surface area contributed by atoms with Gasteiger partial charge in [0, 0.05) is 6.20 Å². The van der Waals surface area contributed by atoms with Crippen molar-refractivity contribution in [3.8, 4) is 18.1 Å². The fourth-order valence-electron chi connectivity index (χ4n) is 0.741. The van der Waals surface area contributed by atoms with Gasteiger partial charge in [0.1, 0.15) is 12.4 Å². The maximum absolute atomic E-state index is 5.19. The fraction of sp³-hybridized carbons (Fsp3) is 0.222. The molecule has 0 fully saturated rings. The lowest BCUT2D eigenvalue weighted by Gasteiger charge is -2.02. The molecule has 0 saturated carbocycles. The molecule has 0 N–H and O–H groups in total. The largest absolute Gasteiger partial charge is 0.479 e. The Bertz CT molecular complexity index is 275. The molecule has 0 saturated heterocycles. The third kappa shape index (κ3) is 1.98. The van der Waals surface area contributed by atoms with E-state index in [0.29, 0.717) is 6.61 Å². The number of aryl methyl sites for hydroxylation is 1. The zero-order valence-electron chi connectivity index (χ0n) is 6.37. The Hall–Kier alpha value is -1.49. The van der Waals surface area contributed by atoms with Crippen LogP contribution in [0.5, 0.6) is 5.75 Å². The highest BCUT2D eigenvalue weighted by Gasteiger charge is 1.95. The third-order valence-corrected chi connectivity index (χ3v) is 1.27. The van der Waals surface area contributed by atoms with Gasteiger partial charge in [0.2, 0.25) is 0 Å². The Morgan fingerprint density at radius 2 is 2.55 bits per heavy atom. The van der Waals surface area contributed by atoms with E-state index in [1.165, 1.54) is 0 Å². The molecule has 0 aliphatic carbocycles. The van der Waals surface area contributed by atoms with Crippen molar-refractivity contribution >= 4 is 0 Å². The van der Waals surface area contributed by atoms with Gasteiger partial charge in [-0.3, -0.25) is 4.98 Å². The highest BCUT2D eigenvalue weighted by atomic mass is 16.5. The van der Waals surface area contributed by atoms with Gasteiger partial charge >= 0.3 is 0 Å². The van der Waals surface area contributed by atoms with E-state index >= 15 is 0 Å². The number of nitrogens with zero attached hydrogens (tertiary/aromatic N) is 1. The first-order valence-electron chi connectivity index (χ1n) is 3.32. The van der Waals surface area contributed by atoms with Crippen LogP contribution in [0.15, 0.2) is 18.3 Å². The summed E-state index contributed by atoms with van der Waals surface area (Å²) in [4.78, 5) is 4.04. The summed E-state index contributed by atoms with van der Waals surface area (Å²) in [5.74, 6) is 3.15. The lowest BCUT2D eigenvalue weighted by molar-refractivity contribution is 0.365. The standard InChI is InChI=1S/C9H9NO/c1-3-7-11-9-5-4-6-10-8(9)2/h1,4-6H,7H2,2H3. The average molecular weight is 147 g/mol. The van der Waals surface area contributed by atoms with E-state index < -0.39 is 0 Å². The molecule has 1 aromatic rings. The first kappa shape index (κ1) is 7.62. The Morgan fingerprint density at radius 1 is 1.73 bits per heavy atom. The molecule has 0 amide bonds. The zero-order valence-corrected chi connectivity index (χ0v) is 6.37. The molecule has 0 atom stereocenters. The lowest BCUT2D eigenvalue weighted by atomic mass is 10.3. The number of hydrogen-bond donors (Lipinski definition) is 0. The molecule has 0 aliphatic heterocycles. The Labute approximate surface area is 66.2 Å². The van der Waals surface area contributed by atoms with Crippen LogP contribution < -0.4 is 4.74 Å². The van der Waals surface area contributed by atoms with Gasteiger partial charge in [-0.25, -0.2) is 0 Å². The van der Waals surface area contributed by atoms with Crippen LogP contribution in [0.4, 0.5) is 0 Å². The number of rotatable bonds is 2. The lowest BCUT2D eigenvalue weighted by Crippen LogP contribution is -1.96. The molecule has 1 heterocycles. The molecule has 0 aromatic carbocycles. The molecule has 2 nitrogen and oxygen atoms in total. The summed E-state index contributed by atoms with van der Waals surface area (Å²) in [5.41, 5.74) is 0.864. The predicted molar refractivity (Wildman–Crippen MR) is 43.3 cm³/mol. The highest BCUT2D eigenvalue weighted by Crippen LogP contribution is 2.12. The van der Waals surface area contributed by atoms with E-state index in [0.717, 1.165) is 11.4 Å². The van der Waals surface area contributed by atoms with Gasteiger partial charge in [0.15, 0.2) is 0 Å². The quantitative estimate of drug-likeness (QED) is 0.590. The SMILES string of the molecule is C#CCOc1cccnc1C. The fourth-order valence-corrected chi connectivity index (χ4v) is 0.741. The number of pyridine rings is 1. The van der Waals surface area contributed by atoms with E-state index in [4.69, 9.17) is 11.2 Å². The third-order valence-electron chi connectivity index (χ3n) is 1.27. The van der Waals surface area contributed by atoms with Gasteiger partial charge in [0.25, 0.3) is 0 Å². The normalized spacial score (nSPS) is 8.73. The van der Waals surface area contributed by atoms with Crippen LogP contribution in [0.1, 0.15) is 5.69 Å². The van der Waals surface area contributed by atoms with Crippen LogP contribution in [0.25, 0.3) is 0 Å². The van der Waals surface area contributed by atoms with E-state index in [1.54, 1.807) is 6.20 Å². The van der Waals surface area contributed by atoms with Crippen molar-refractivity contribution in [1.82, 2.24) is 4.98 Å². The van der Waals surface area contributed by atoms with E-state index in [-0.39, 0.29) is 0 Å². The summed E-state index contributed by atoms with van der Waals surface area (Å²) in [5, 5.41) is 0. The zero-order chi connectivity index (χ0) is 8.10. The molecule has 0 spiro atoms. The second-order valence-corrected chi connectivity index (χ2v) is 2.08. The van der Waals surface area contributed by atoms with Gasteiger partial charge in [-0.05, 0) is 19.1 Å². The Kier molecular flexibility index (Phi) is 2.51. The summed E-state index contributed by atoms with van der Waals surface area (Å²) in [6, 6.07) is 3.67. The van der Waals surface area contributed by atoms with Gasteiger partial charge in [0.05, 0.1) is 5.69 Å². The van der Waals surface area contributed by atoms with Crippen LogP contribution in [0, 0.1) is 19.3 Å². The summed E-state index contributed by atoms with van der Waals surface area (Å²) >= 11 is 0. The van der Waals surface area contributed by atoms with Gasteiger partial charge < -0.3 is 4.74 Å². The summed E-state index contributed by atoms with van der Waals surface area (Å²) < 4.78 is 5.19. The van der Waals surface area contributed by atoms with Crippen LogP contribution in [0.3, 0.4) is 0 Å². The van der Waals surface area contributed by atoms with Crippen molar-refractivity contribution < 1.29 is 4.74 Å². The summed E-state index contributed by atoms with van der Waals surface area (Å²) in [7, 11) is 0. The van der Waals surface area contributed by atoms with Crippen LogP contribution in [0.2, 0.25) is 0 Å². The van der Waals surface area contributed by atoms with Gasteiger partial charge in [-0.15, -0.1) is 6.42 Å². The van der Waals surface area contributed by atoms with Crippen molar-refractivity contribution in [2.24, 2.45) is 0 Å². The number of ether oxygens (including phenoxy) is 1.